The minimum Gasteiger partial charge on any atom is -0.271 e. The van der Waals surface area contributed by atoms with E-state index in [4.69, 9.17) is 29.0 Å². The van der Waals surface area contributed by atoms with Crippen molar-refractivity contribution < 1.29 is 0 Å². The molecule has 1 atom stereocenters. The van der Waals surface area contributed by atoms with Gasteiger partial charge in [0.25, 0.3) is 0 Å². The molecule has 0 amide bonds. The number of halogens is 2. The molecule has 3 rings (SSSR count). The average Bonchev–Trinajstić information content (AvgIpc) is 2.92. The number of benzene rings is 1. The molecular weight excluding hydrogens is 323 g/mol. The summed E-state index contributed by atoms with van der Waals surface area (Å²) in [5.41, 5.74) is 5.59. The van der Waals surface area contributed by atoms with Gasteiger partial charge >= 0.3 is 0 Å². The van der Waals surface area contributed by atoms with Crippen molar-refractivity contribution in [1.82, 2.24) is 5.43 Å². The molecule has 0 fully saturated rings. The van der Waals surface area contributed by atoms with Crippen molar-refractivity contribution in [3.63, 3.8) is 0 Å². The normalized spacial score (nSPS) is 15.8. The highest BCUT2D eigenvalue weighted by atomic mass is 35.5. The van der Waals surface area contributed by atoms with Crippen LogP contribution in [0.3, 0.4) is 0 Å². The Morgan fingerprint density at radius 3 is 2.67 bits per heavy atom. The Bertz CT molecular complexity index is 616. The monoisotopic (exact) mass is 340 g/mol. The van der Waals surface area contributed by atoms with Crippen molar-refractivity contribution in [1.29, 1.82) is 0 Å². The van der Waals surface area contributed by atoms with Crippen LogP contribution in [0.5, 0.6) is 0 Å². The van der Waals surface area contributed by atoms with E-state index < -0.39 is 0 Å². The molecule has 1 aliphatic rings. The number of hydrogen-bond donors (Lipinski definition) is 2. The summed E-state index contributed by atoms with van der Waals surface area (Å²) < 4.78 is 0. The van der Waals surface area contributed by atoms with Gasteiger partial charge in [0, 0.05) is 9.75 Å². The van der Waals surface area contributed by atoms with E-state index in [-0.39, 0.29) is 6.04 Å². The highest BCUT2D eigenvalue weighted by molar-refractivity contribution is 7.12. The van der Waals surface area contributed by atoms with Crippen LogP contribution in [0.4, 0.5) is 0 Å². The van der Waals surface area contributed by atoms with E-state index in [1.54, 1.807) is 0 Å². The summed E-state index contributed by atoms with van der Waals surface area (Å²) in [6.07, 6.45) is 5.84. The molecule has 0 bridgehead atoms. The van der Waals surface area contributed by atoms with E-state index in [0.717, 1.165) is 12.0 Å². The molecule has 1 unspecified atom stereocenters. The molecule has 0 spiro atoms. The van der Waals surface area contributed by atoms with E-state index in [1.165, 1.54) is 41.0 Å². The fourth-order valence-corrected chi connectivity index (χ4v) is 4.47. The van der Waals surface area contributed by atoms with E-state index in [9.17, 15) is 0 Å². The van der Waals surface area contributed by atoms with Crippen LogP contribution < -0.4 is 11.3 Å². The number of nitrogens with one attached hydrogen (secondary N) is 1. The van der Waals surface area contributed by atoms with Gasteiger partial charge in [-0.1, -0.05) is 29.3 Å². The summed E-state index contributed by atoms with van der Waals surface area (Å²) in [5, 5.41) is 1.18. The van der Waals surface area contributed by atoms with E-state index >= 15 is 0 Å². The van der Waals surface area contributed by atoms with Gasteiger partial charge in [0.15, 0.2) is 0 Å². The summed E-state index contributed by atoms with van der Waals surface area (Å²) in [7, 11) is 0. The van der Waals surface area contributed by atoms with Crippen LogP contribution in [0.25, 0.3) is 0 Å². The first-order valence-corrected chi connectivity index (χ1v) is 8.76. The number of fused-ring (bicyclic) bond motifs is 1. The van der Waals surface area contributed by atoms with Crippen molar-refractivity contribution in [2.45, 2.75) is 38.1 Å². The first-order chi connectivity index (χ1) is 10.2. The molecule has 1 aromatic carbocycles. The molecule has 2 nitrogen and oxygen atoms in total. The summed E-state index contributed by atoms with van der Waals surface area (Å²) >= 11 is 13.9. The standard InChI is InChI=1S/C16H18Cl2N2S/c17-12-6-5-10(7-13(12)18)8-14(20-19)16-9-11-3-1-2-4-15(11)21-16/h5-7,9,14,20H,1-4,8,19H2. The zero-order valence-corrected chi connectivity index (χ0v) is 14.0. The zero-order valence-electron chi connectivity index (χ0n) is 11.7. The van der Waals surface area contributed by atoms with Crippen molar-refractivity contribution in [3.05, 3.63) is 55.2 Å². The highest BCUT2D eigenvalue weighted by Crippen LogP contribution is 2.34. The fourth-order valence-electron chi connectivity index (χ4n) is 2.83. The molecule has 0 saturated carbocycles. The smallest absolute Gasteiger partial charge is 0.0595 e. The number of hydrazine groups is 1. The Morgan fingerprint density at radius 2 is 1.95 bits per heavy atom. The molecule has 5 heteroatoms. The van der Waals surface area contributed by atoms with Gasteiger partial charge in [-0.2, -0.15) is 0 Å². The number of thiophene rings is 1. The topological polar surface area (TPSA) is 38.0 Å². The van der Waals surface area contributed by atoms with Gasteiger partial charge in [-0.15, -0.1) is 11.3 Å². The van der Waals surface area contributed by atoms with Crippen LogP contribution in [0.2, 0.25) is 10.0 Å². The molecule has 21 heavy (non-hydrogen) atoms. The second-order valence-electron chi connectivity index (χ2n) is 5.48. The third-order valence-corrected chi connectivity index (χ3v) is 6.07. The minimum absolute atomic E-state index is 0.123. The maximum absolute atomic E-state index is 6.09. The lowest BCUT2D eigenvalue weighted by molar-refractivity contribution is 0.560. The maximum atomic E-state index is 6.09. The SMILES string of the molecule is NNC(Cc1ccc(Cl)c(Cl)c1)c1cc2c(s1)CCCC2. The van der Waals surface area contributed by atoms with E-state index in [1.807, 2.05) is 29.5 Å². The molecule has 1 aliphatic carbocycles. The van der Waals surface area contributed by atoms with Crippen LogP contribution in [-0.2, 0) is 19.3 Å². The molecular formula is C16H18Cl2N2S. The molecule has 3 N–H and O–H groups in total. The Hall–Kier alpha value is -0.580. The van der Waals surface area contributed by atoms with Gasteiger partial charge in [-0.05, 0) is 61.4 Å². The molecule has 0 aliphatic heterocycles. The van der Waals surface area contributed by atoms with Gasteiger partial charge in [-0.25, -0.2) is 0 Å². The number of rotatable bonds is 4. The van der Waals surface area contributed by atoms with E-state index in [0.29, 0.717) is 10.0 Å². The molecule has 1 aromatic heterocycles. The van der Waals surface area contributed by atoms with Crippen LogP contribution in [0, 0.1) is 0 Å². The fraction of sp³-hybridized carbons (Fsp3) is 0.375. The molecule has 0 radical (unpaired) electrons. The van der Waals surface area contributed by atoms with Gasteiger partial charge < -0.3 is 0 Å². The summed E-state index contributed by atoms with van der Waals surface area (Å²) in [4.78, 5) is 2.85. The average molecular weight is 341 g/mol. The Kier molecular flexibility index (Phi) is 4.87. The lowest BCUT2D eigenvalue weighted by Gasteiger charge is -2.14. The largest absolute Gasteiger partial charge is 0.271 e. The third kappa shape index (κ3) is 3.43. The summed E-state index contributed by atoms with van der Waals surface area (Å²) in [5.74, 6) is 5.78. The van der Waals surface area contributed by atoms with Crippen molar-refractivity contribution >= 4 is 34.5 Å². The lowest BCUT2D eigenvalue weighted by Crippen LogP contribution is -2.28. The highest BCUT2D eigenvalue weighted by Gasteiger charge is 2.19. The van der Waals surface area contributed by atoms with Gasteiger partial charge in [0.1, 0.15) is 0 Å². The third-order valence-electron chi connectivity index (χ3n) is 3.98. The predicted molar refractivity (Wildman–Crippen MR) is 91.2 cm³/mol. The van der Waals surface area contributed by atoms with Crippen molar-refractivity contribution in [2.24, 2.45) is 5.84 Å². The van der Waals surface area contributed by atoms with Crippen LogP contribution in [0.15, 0.2) is 24.3 Å². The molecule has 0 saturated heterocycles. The van der Waals surface area contributed by atoms with Gasteiger partial charge in [0.2, 0.25) is 0 Å². The van der Waals surface area contributed by atoms with Crippen LogP contribution in [0.1, 0.15) is 39.8 Å². The first-order valence-electron chi connectivity index (χ1n) is 7.19. The van der Waals surface area contributed by atoms with E-state index in [2.05, 4.69) is 11.5 Å². The van der Waals surface area contributed by atoms with Crippen molar-refractivity contribution in [2.75, 3.05) is 0 Å². The number of aryl methyl sites for hydroxylation is 2. The van der Waals surface area contributed by atoms with Gasteiger partial charge in [0.05, 0.1) is 16.1 Å². The number of hydrogen-bond acceptors (Lipinski definition) is 3. The Labute approximate surface area is 139 Å². The lowest BCUT2D eigenvalue weighted by atomic mass is 9.98. The molecule has 2 aromatic rings. The van der Waals surface area contributed by atoms with Crippen LogP contribution in [-0.4, -0.2) is 0 Å². The second-order valence-corrected chi connectivity index (χ2v) is 7.46. The minimum atomic E-state index is 0.123. The second kappa shape index (κ2) is 6.67. The molecule has 1 heterocycles. The van der Waals surface area contributed by atoms with Gasteiger partial charge in [-0.3, -0.25) is 11.3 Å². The van der Waals surface area contributed by atoms with Crippen LogP contribution >= 0.6 is 34.5 Å². The first kappa shape index (κ1) is 15.3. The quantitative estimate of drug-likeness (QED) is 0.626. The maximum Gasteiger partial charge on any atom is 0.0595 e. The Balaban J connectivity index is 1.81. The number of nitrogens with two attached hydrogens (primary N) is 1. The Morgan fingerprint density at radius 1 is 1.14 bits per heavy atom. The zero-order chi connectivity index (χ0) is 14.8. The predicted octanol–water partition coefficient (Wildman–Crippen LogP) is 4.68. The summed E-state index contributed by atoms with van der Waals surface area (Å²) in [6, 6.07) is 8.21. The summed E-state index contributed by atoms with van der Waals surface area (Å²) in [6.45, 7) is 0. The molecule has 112 valence electrons. The van der Waals surface area contributed by atoms with Crippen molar-refractivity contribution in [3.8, 4) is 0 Å².